The first-order valence-corrected chi connectivity index (χ1v) is 13.8. The van der Waals surface area contributed by atoms with E-state index in [1.54, 1.807) is 17.0 Å². The maximum Gasteiger partial charge on any atom is 0.255 e. The first kappa shape index (κ1) is 25.7. The summed E-state index contributed by atoms with van der Waals surface area (Å²) in [5.74, 6) is -1.01. The van der Waals surface area contributed by atoms with Crippen molar-refractivity contribution in [3.05, 3.63) is 81.7 Å². The normalized spacial score (nSPS) is 23.1. The van der Waals surface area contributed by atoms with Crippen LogP contribution in [0.3, 0.4) is 0 Å². The van der Waals surface area contributed by atoms with E-state index in [9.17, 15) is 18.8 Å². The number of piperidine rings is 1. The summed E-state index contributed by atoms with van der Waals surface area (Å²) in [6, 6.07) is 12.2. The largest absolute Gasteiger partial charge is 0.322 e. The summed E-state index contributed by atoms with van der Waals surface area (Å²) in [7, 11) is 0. The first-order chi connectivity index (χ1) is 18.6. The molecule has 1 atom stereocenters. The van der Waals surface area contributed by atoms with Crippen LogP contribution in [0.15, 0.2) is 53.6 Å². The van der Waals surface area contributed by atoms with Crippen LogP contribution in [0.1, 0.15) is 73.0 Å². The predicted molar refractivity (Wildman–Crippen MR) is 148 cm³/mol. The van der Waals surface area contributed by atoms with Gasteiger partial charge in [-0.3, -0.25) is 24.6 Å². The molecule has 3 aliphatic heterocycles. The molecule has 4 aliphatic rings. The minimum Gasteiger partial charge on any atom is -0.322 e. The summed E-state index contributed by atoms with van der Waals surface area (Å²) in [5.41, 5.74) is 8.18. The Hall–Kier alpha value is -3.58. The van der Waals surface area contributed by atoms with Crippen LogP contribution in [0.4, 0.5) is 4.39 Å². The Balaban J connectivity index is 1.12. The van der Waals surface area contributed by atoms with Gasteiger partial charge in [-0.2, -0.15) is 0 Å². The van der Waals surface area contributed by atoms with Crippen molar-refractivity contribution in [1.29, 1.82) is 0 Å². The van der Waals surface area contributed by atoms with Crippen LogP contribution in [-0.4, -0.2) is 53.2 Å². The van der Waals surface area contributed by atoms with Gasteiger partial charge in [0.2, 0.25) is 11.8 Å². The number of nitrogens with one attached hydrogen (secondary N) is 1. The third-order valence-electron chi connectivity index (χ3n) is 8.56. The van der Waals surface area contributed by atoms with Crippen molar-refractivity contribution in [3.63, 3.8) is 0 Å². The third-order valence-corrected chi connectivity index (χ3v) is 8.56. The zero-order valence-electron chi connectivity index (χ0n) is 22.6. The van der Waals surface area contributed by atoms with Crippen LogP contribution >= 0.6 is 0 Å². The number of amides is 3. The molecule has 1 N–H and O–H groups in total. The minimum absolute atomic E-state index is 0.144. The van der Waals surface area contributed by atoms with Crippen molar-refractivity contribution < 1.29 is 18.8 Å². The minimum atomic E-state index is -0.593. The number of fused-ring (bicyclic) bond motifs is 1. The van der Waals surface area contributed by atoms with Gasteiger partial charge in [0.1, 0.15) is 11.9 Å². The molecule has 2 aromatic rings. The second-order valence-corrected chi connectivity index (χ2v) is 12.2. The van der Waals surface area contributed by atoms with Gasteiger partial charge in [-0.15, -0.1) is 0 Å². The van der Waals surface area contributed by atoms with Crippen molar-refractivity contribution in [3.8, 4) is 0 Å². The fourth-order valence-electron chi connectivity index (χ4n) is 6.38. The molecule has 3 amide bonds. The fourth-order valence-corrected chi connectivity index (χ4v) is 6.38. The SMILES string of the molecule is CC1(C)CCC(CN2CC(=Cc3ccc4c(c3)CN(C3CCC(=O)NC3=O)C4=O)C2)=C(c2ccc(F)cc2)C1. The summed E-state index contributed by atoms with van der Waals surface area (Å²) >= 11 is 0. The number of halogens is 1. The molecule has 2 saturated heterocycles. The Kier molecular flexibility index (Phi) is 6.50. The van der Waals surface area contributed by atoms with Crippen molar-refractivity contribution in [2.45, 2.75) is 58.5 Å². The molecule has 1 aliphatic carbocycles. The van der Waals surface area contributed by atoms with E-state index in [4.69, 9.17) is 0 Å². The van der Waals surface area contributed by atoms with Crippen LogP contribution in [0.5, 0.6) is 0 Å². The number of likely N-dealkylation sites (tertiary alicyclic amines) is 1. The first-order valence-electron chi connectivity index (χ1n) is 13.8. The highest BCUT2D eigenvalue weighted by molar-refractivity contribution is 6.05. The van der Waals surface area contributed by atoms with E-state index < -0.39 is 6.04 Å². The van der Waals surface area contributed by atoms with E-state index in [2.05, 4.69) is 30.1 Å². The van der Waals surface area contributed by atoms with Gasteiger partial charge in [0.25, 0.3) is 5.91 Å². The number of hydrogen-bond donors (Lipinski definition) is 1. The Bertz CT molecular complexity index is 1410. The fraction of sp³-hybridized carbons (Fsp3) is 0.406. The molecule has 0 saturated carbocycles. The molecule has 0 bridgehead atoms. The number of carbonyl (C=O) groups excluding carboxylic acids is 3. The number of imide groups is 1. The molecule has 7 heteroatoms. The molecular formula is C32H34FN3O3. The summed E-state index contributed by atoms with van der Waals surface area (Å²) in [4.78, 5) is 40.8. The number of hydrogen-bond acceptors (Lipinski definition) is 4. The lowest BCUT2D eigenvalue weighted by atomic mass is 9.72. The molecule has 3 heterocycles. The number of benzene rings is 2. The lowest BCUT2D eigenvalue weighted by Gasteiger charge is -2.39. The summed E-state index contributed by atoms with van der Waals surface area (Å²) in [5, 5.41) is 2.35. The van der Waals surface area contributed by atoms with Crippen molar-refractivity contribution in [2.24, 2.45) is 5.41 Å². The Morgan fingerprint density at radius 3 is 2.54 bits per heavy atom. The highest BCUT2D eigenvalue weighted by Gasteiger charge is 2.39. The lowest BCUT2D eigenvalue weighted by Crippen LogP contribution is -2.52. The van der Waals surface area contributed by atoms with E-state index in [1.807, 2.05) is 30.3 Å². The summed E-state index contributed by atoms with van der Waals surface area (Å²) in [6.45, 7) is 7.75. The molecule has 6 rings (SSSR count). The topological polar surface area (TPSA) is 69.7 Å². The molecule has 0 spiro atoms. The number of carbonyl (C=O) groups is 3. The van der Waals surface area contributed by atoms with Crippen molar-refractivity contribution in [2.75, 3.05) is 19.6 Å². The van der Waals surface area contributed by atoms with Crippen LogP contribution in [0.25, 0.3) is 11.6 Å². The second kappa shape index (κ2) is 9.87. The maximum absolute atomic E-state index is 13.5. The molecule has 0 radical (unpaired) electrons. The molecule has 2 fully saturated rings. The van der Waals surface area contributed by atoms with Gasteiger partial charge in [-0.25, -0.2) is 4.39 Å². The zero-order valence-corrected chi connectivity index (χ0v) is 22.6. The molecule has 2 aromatic carbocycles. The van der Waals surface area contributed by atoms with E-state index in [0.29, 0.717) is 18.5 Å². The molecule has 39 heavy (non-hydrogen) atoms. The molecular weight excluding hydrogens is 493 g/mol. The Morgan fingerprint density at radius 1 is 1.03 bits per heavy atom. The van der Waals surface area contributed by atoms with Crippen LogP contribution in [-0.2, 0) is 16.1 Å². The van der Waals surface area contributed by atoms with Gasteiger partial charge < -0.3 is 4.90 Å². The van der Waals surface area contributed by atoms with Gasteiger partial charge >= 0.3 is 0 Å². The lowest BCUT2D eigenvalue weighted by molar-refractivity contribution is -0.136. The van der Waals surface area contributed by atoms with Gasteiger partial charge in [0.05, 0.1) is 0 Å². The van der Waals surface area contributed by atoms with Gasteiger partial charge in [0.15, 0.2) is 0 Å². The van der Waals surface area contributed by atoms with E-state index >= 15 is 0 Å². The predicted octanol–water partition coefficient (Wildman–Crippen LogP) is 4.95. The van der Waals surface area contributed by atoms with Gasteiger partial charge in [0, 0.05) is 38.2 Å². The summed E-state index contributed by atoms with van der Waals surface area (Å²) < 4.78 is 13.5. The summed E-state index contributed by atoms with van der Waals surface area (Å²) in [6.07, 6.45) is 6.06. The van der Waals surface area contributed by atoms with Crippen molar-refractivity contribution in [1.82, 2.24) is 15.1 Å². The van der Waals surface area contributed by atoms with Gasteiger partial charge in [-0.05, 0) is 83.2 Å². The molecule has 1 unspecified atom stereocenters. The second-order valence-electron chi connectivity index (χ2n) is 12.2. The highest BCUT2D eigenvalue weighted by Crippen LogP contribution is 2.43. The molecule has 6 nitrogen and oxygen atoms in total. The van der Waals surface area contributed by atoms with Crippen LogP contribution in [0, 0.1) is 11.2 Å². The van der Waals surface area contributed by atoms with Crippen molar-refractivity contribution >= 4 is 29.4 Å². The number of allylic oxidation sites excluding steroid dienone is 1. The van der Waals surface area contributed by atoms with E-state index in [1.165, 1.54) is 16.7 Å². The highest BCUT2D eigenvalue weighted by atomic mass is 19.1. The van der Waals surface area contributed by atoms with E-state index in [0.717, 1.165) is 55.6 Å². The Morgan fingerprint density at radius 2 is 1.79 bits per heavy atom. The number of rotatable bonds is 5. The van der Waals surface area contributed by atoms with Crippen LogP contribution in [0.2, 0.25) is 0 Å². The average Bonchev–Trinajstić information content (AvgIpc) is 3.19. The number of nitrogens with zero attached hydrogens (tertiary/aromatic N) is 2. The molecule has 0 aromatic heterocycles. The monoisotopic (exact) mass is 527 g/mol. The standard InChI is InChI=1S/C32H34FN3O3/c1-32(2)12-11-23(27(15-32)22-4-6-25(33)7-5-22)18-35-16-21(17-35)13-20-3-8-26-24(14-20)19-36(31(26)39)28-9-10-29(37)34-30(28)38/h3-8,13-14,28H,9-12,15-19H2,1-2H3,(H,34,37,38). The quantitative estimate of drug-likeness (QED) is 0.559. The Labute approximate surface area is 228 Å². The van der Waals surface area contributed by atoms with E-state index in [-0.39, 0.29) is 35.4 Å². The average molecular weight is 528 g/mol. The molecule has 202 valence electrons. The van der Waals surface area contributed by atoms with Gasteiger partial charge in [-0.1, -0.05) is 43.7 Å². The smallest absolute Gasteiger partial charge is 0.255 e. The zero-order chi connectivity index (χ0) is 27.3. The maximum atomic E-state index is 13.5. The third kappa shape index (κ3) is 5.20. The van der Waals surface area contributed by atoms with Crippen LogP contribution < -0.4 is 5.32 Å².